The Balaban J connectivity index is 1.47. The van der Waals surface area contributed by atoms with Crippen molar-refractivity contribution in [2.45, 2.75) is 26.1 Å². The Bertz CT molecular complexity index is 817. The lowest BCUT2D eigenvalue weighted by Crippen LogP contribution is -2.54. The summed E-state index contributed by atoms with van der Waals surface area (Å²) in [6, 6.07) is 13.3. The Hall–Kier alpha value is -2.84. The molecule has 3 rings (SSSR count). The third kappa shape index (κ3) is 6.57. The van der Waals surface area contributed by atoms with Crippen LogP contribution in [0.5, 0.6) is 0 Å². The average Bonchev–Trinajstić information content (AvgIpc) is 3.35. The van der Waals surface area contributed by atoms with Crippen molar-refractivity contribution in [1.29, 1.82) is 0 Å². The zero-order chi connectivity index (χ0) is 22.1. The van der Waals surface area contributed by atoms with Crippen molar-refractivity contribution in [3.05, 3.63) is 60.1 Å². The van der Waals surface area contributed by atoms with Crippen LogP contribution in [-0.2, 0) is 4.74 Å². The van der Waals surface area contributed by atoms with E-state index in [0.717, 1.165) is 18.1 Å². The van der Waals surface area contributed by atoms with Crippen LogP contribution in [0.4, 0.5) is 0 Å². The molecule has 1 aromatic carbocycles. The van der Waals surface area contributed by atoms with Gasteiger partial charge in [-0.1, -0.05) is 30.3 Å². The van der Waals surface area contributed by atoms with Gasteiger partial charge in [0.15, 0.2) is 11.7 Å². The number of rotatable bonds is 8. The molecule has 1 saturated heterocycles. The molecule has 0 bridgehead atoms. The fraction of sp³-hybridized carbons (Fsp3) is 0.478. The second-order valence-electron chi connectivity index (χ2n) is 7.49. The number of nitrogens with one attached hydrogen (secondary N) is 1. The van der Waals surface area contributed by atoms with E-state index in [2.05, 4.69) is 15.2 Å². The van der Waals surface area contributed by atoms with Crippen LogP contribution in [0, 0.1) is 0 Å². The average molecular weight is 429 g/mol. The molecule has 168 valence electrons. The highest BCUT2D eigenvalue weighted by Gasteiger charge is 2.25. The number of hydrogen-bond acceptors (Lipinski definition) is 5. The van der Waals surface area contributed by atoms with Gasteiger partial charge < -0.3 is 29.4 Å². The Morgan fingerprint density at radius 1 is 1.16 bits per heavy atom. The number of piperazine rings is 1. The van der Waals surface area contributed by atoms with Crippen molar-refractivity contribution < 1.29 is 19.1 Å². The van der Waals surface area contributed by atoms with Gasteiger partial charge in [0, 0.05) is 32.7 Å². The minimum absolute atomic E-state index is 0.0900. The topological polar surface area (TPSA) is 90.5 Å². The van der Waals surface area contributed by atoms with Crippen LogP contribution in [0.1, 0.15) is 36.1 Å². The van der Waals surface area contributed by atoms with Crippen molar-refractivity contribution in [3.63, 3.8) is 0 Å². The molecule has 8 heteroatoms. The normalized spacial score (nSPS) is 16.8. The maximum atomic E-state index is 12.4. The Morgan fingerprint density at radius 2 is 1.87 bits per heavy atom. The van der Waals surface area contributed by atoms with Gasteiger partial charge in [0.1, 0.15) is 0 Å². The first-order valence-corrected chi connectivity index (χ1v) is 10.8. The molecule has 0 saturated carbocycles. The van der Waals surface area contributed by atoms with E-state index in [-0.39, 0.29) is 25.2 Å². The highest BCUT2D eigenvalue weighted by atomic mass is 16.5. The van der Waals surface area contributed by atoms with E-state index >= 15 is 0 Å². The number of nitrogens with zero attached hydrogens (tertiary/aromatic N) is 3. The molecule has 2 atom stereocenters. The maximum Gasteiger partial charge on any atom is 0.289 e. The van der Waals surface area contributed by atoms with Crippen LogP contribution in [0.25, 0.3) is 0 Å². The highest BCUT2D eigenvalue weighted by Crippen LogP contribution is 2.16. The SMILES string of the molecule is CCNC(=NCC(O)COC(C)c1ccccc1)N1CCN(C(=O)c2ccco2)CC1. The molecule has 2 N–H and O–H groups in total. The van der Waals surface area contributed by atoms with Crippen molar-refractivity contribution in [3.8, 4) is 0 Å². The van der Waals surface area contributed by atoms with Crippen molar-refractivity contribution >= 4 is 11.9 Å². The third-order valence-electron chi connectivity index (χ3n) is 5.19. The Morgan fingerprint density at radius 3 is 2.52 bits per heavy atom. The highest BCUT2D eigenvalue weighted by molar-refractivity contribution is 5.91. The molecule has 0 radical (unpaired) electrons. The lowest BCUT2D eigenvalue weighted by atomic mass is 10.1. The summed E-state index contributed by atoms with van der Waals surface area (Å²) in [6.45, 7) is 7.66. The van der Waals surface area contributed by atoms with Gasteiger partial charge in [0.2, 0.25) is 0 Å². The molecule has 2 heterocycles. The van der Waals surface area contributed by atoms with Crippen molar-refractivity contribution in [2.24, 2.45) is 4.99 Å². The maximum absolute atomic E-state index is 12.4. The molecule has 0 spiro atoms. The minimum Gasteiger partial charge on any atom is -0.459 e. The first kappa shape index (κ1) is 22.8. The largest absolute Gasteiger partial charge is 0.459 e. The zero-order valence-corrected chi connectivity index (χ0v) is 18.2. The monoisotopic (exact) mass is 428 g/mol. The van der Waals surface area contributed by atoms with Gasteiger partial charge in [0.05, 0.1) is 31.6 Å². The lowest BCUT2D eigenvalue weighted by Gasteiger charge is -2.36. The van der Waals surface area contributed by atoms with Crippen LogP contribution in [0.2, 0.25) is 0 Å². The molecule has 1 amide bonds. The molecular formula is C23H32N4O4. The summed E-state index contributed by atoms with van der Waals surface area (Å²) >= 11 is 0. The summed E-state index contributed by atoms with van der Waals surface area (Å²) in [7, 11) is 0. The summed E-state index contributed by atoms with van der Waals surface area (Å²) in [4.78, 5) is 20.9. The van der Waals surface area contributed by atoms with E-state index in [1.807, 2.05) is 44.2 Å². The zero-order valence-electron chi connectivity index (χ0n) is 18.2. The van der Waals surface area contributed by atoms with Gasteiger partial charge >= 0.3 is 0 Å². The number of ether oxygens (including phenoxy) is 1. The number of aliphatic hydroxyl groups excluding tert-OH is 1. The molecule has 2 unspecified atom stereocenters. The predicted octanol–water partition coefficient (Wildman–Crippen LogP) is 2.14. The van der Waals surface area contributed by atoms with Crippen LogP contribution < -0.4 is 5.32 Å². The van der Waals surface area contributed by atoms with Gasteiger partial charge in [-0.05, 0) is 31.5 Å². The second-order valence-corrected chi connectivity index (χ2v) is 7.49. The van der Waals surface area contributed by atoms with E-state index in [9.17, 15) is 9.90 Å². The summed E-state index contributed by atoms with van der Waals surface area (Å²) < 4.78 is 11.0. The van der Waals surface area contributed by atoms with Gasteiger partial charge in [0.25, 0.3) is 5.91 Å². The predicted molar refractivity (Wildman–Crippen MR) is 119 cm³/mol. The van der Waals surface area contributed by atoms with Gasteiger partial charge in [-0.2, -0.15) is 0 Å². The van der Waals surface area contributed by atoms with Crippen molar-refractivity contribution in [1.82, 2.24) is 15.1 Å². The Kier molecular flexibility index (Phi) is 8.49. The Labute approximate surface area is 183 Å². The standard InChI is InChI=1S/C23H32N4O4/c1-3-24-23(25-16-20(28)17-31-18(2)19-8-5-4-6-9-19)27-13-11-26(12-14-27)22(29)21-10-7-15-30-21/h4-10,15,18,20,28H,3,11-14,16-17H2,1-2H3,(H,24,25). The lowest BCUT2D eigenvalue weighted by molar-refractivity contribution is 0.00102. The summed E-state index contributed by atoms with van der Waals surface area (Å²) in [5.41, 5.74) is 1.08. The van der Waals surface area contributed by atoms with Crippen LogP contribution in [0.3, 0.4) is 0 Å². The van der Waals surface area contributed by atoms with Crippen LogP contribution in [-0.4, -0.2) is 78.8 Å². The summed E-state index contributed by atoms with van der Waals surface area (Å²) in [5, 5.41) is 13.6. The number of carbonyl (C=O) groups is 1. The number of carbonyl (C=O) groups excluding carboxylic acids is 1. The van der Waals surface area contributed by atoms with Gasteiger partial charge in [-0.15, -0.1) is 0 Å². The van der Waals surface area contributed by atoms with Crippen LogP contribution in [0.15, 0.2) is 58.1 Å². The number of amides is 1. The summed E-state index contributed by atoms with van der Waals surface area (Å²) in [6.07, 6.45) is 0.726. The quantitative estimate of drug-likeness (QED) is 0.495. The first-order chi connectivity index (χ1) is 15.1. The van der Waals surface area contributed by atoms with E-state index in [1.54, 1.807) is 17.0 Å². The summed E-state index contributed by atoms with van der Waals surface area (Å²) in [5.74, 6) is 1.01. The third-order valence-corrected chi connectivity index (χ3v) is 5.19. The molecule has 2 aromatic rings. The minimum atomic E-state index is -0.693. The number of hydrogen-bond donors (Lipinski definition) is 2. The fourth-order valence-corrected chi connectivity index (χ4v) is 3.42. The molecule has 1 aromatic heterocycles. The molecule has 1 aliphatic heterocycles. The number of benzene rings is 1. The number of furan rings is 1. The van der Waals surface area contributed by atoms with E-state index in [1.165, 1.54) is 6.26 Å². The molecule has 31 heavy (non-hydrogen) atoms. The second kappa shape index (κ2) is 11.5. The number of aliphatic hydroxyl groups is 1. The smallest absolute Gasteiger partial charge is 0.289 e. The van der Waals surface area contributed by atoms with E-state index in [4.69, 9.17) is 9.15 Å². The molecule has 0 aliphatic carbocycles. The van der Waals surface area contributed by atoms with Crippen LogP contribution >= 0.6 is 0 Å². The molecule has 8 nitrogen and oxygen atoms in total. The van der Waals surface area contributed by atoms with Gasteiger partial charge in [-0.3, -0.25) is 9.79 Å². The van der Waals surface area contributed by atoms with Gasteiger partial charge in [-0.25, -0.2) is 0 Å². The fourth-order valence-electron chi connectivity index (χ4n) is 3.42. The first-order valence-electron chi connectivity index (χ1n) is 10.8. The number of aliphatic imine (C=N–C) groups is 1. The van der Waals surface area contributed by atoms with Crippen molar-refractivity contribution in [2.75, 3.05) is 45.9 Å². The molecule has 1 aliphatic rings. The van der Waals surface area contributed by atoms with E-state index in [0.29, 0.717) is 31.9 Å². The van der Waals surface area contributed by atoms with E-state index < -0.39 is 6.10 Å². The number of guanidine groups is 1. The molecule has 1 fully saturated rings. The molecular weight excluding hydrogens is 396 g/mol.